The molecular formula is C13H18O3. The van der Waals surface area contributed by atoms with Gasteiger partial charge in [0, 0.05) is 5.56 Å². The number of rotatable bonds is 5. The Kier molecular flexibility index (Phi) is 4.38. The SMILES string of the molecule is C=C(OC)c1cc(CO)cc(OC(C)C)c1. The van der Waals surface area contributed by atoms with Gasteiger partial charge in [-0.15, -0.1) is 0 Å². The lowest BCUT2D eigenvalue weighted by Crippen LogP contribution is -2.06. The van der Waals surface area contributed by atoms with E-state index in [0.29, 0.717) is 5.76 Å². The van der Waals surface area contributed by atoms with Gasteiger partial charge in [0.15, 0.2) is 0 Å². The topological polar surface area (TPSA) is 38.7 Å². The largest absolute Gasteiger partial charge is 0.497 e. The highest BCUT2D eigenvalue weighted by Crippen LogP contribution is 2.23. The predicted molar refractivity (Wildman–Crippen MR) is 64.2 cm³/mol. The molecule has 0 saturated heterocycles. The molecule has 1 aromatic rings. The summed E-state index contributed by atoms with van der Waals surface area (Å²) in [6.07, 6.45) is 0.0950. The maximum Gasteiger partial charge on any atom is 0.120 e. The Labute approximate surface area is 96.3 Å². The third-order valence-corrected chi connectivity index (χ3v) is 2.09. The molecular weight excluding hydrogens is 204 g/mol. The first-order chi connectivity index (χ1) is 7.56. The quantitative estimate of drug-likeness (QED) is 0.778. The van der Waals surface area contributed by atoms with Crippen molar-refractivity contribution < 1.29 is 14.6 Å². The van der Waals surface area contributed by atoms with E-state index < -0.39 is 0 Å². The molecule has 3 nitrogen and oxygen atoms in total. The zero-order chi connectivity index (χ0) is 12.1. The number of methoxy groups -OCH3 is 1. The first-order valence-corrected chi connectivity index (χ1v) is 5.21. The minimum Gasteiger partial charge on any atom is -0.497 e. The zero-order valence-electron chi connectivity index (χ0n) is 9.99. The number of ether oxygens (including phenoxy) is 2. The van der Waals surface area contributed by atoms with E-state index in [0.717, 1.165) is 16.9 Å². The molecule has 0 atom stereocenters. The van der Waals surface area contributed by atoms with E-state index in [1.807, 2.05) is 32.0 Å². The normalized spacial score (nSPS) is 10.3. The minimum atomic E-state index is -0.0285. The molecule has 0 amide bonds. The van der Waals surface area contributed by atoms with E-state index in [4.69, 9.17) is 14.6 Å². The van der Waals surface area contributed by atoms with Crippen LogP contribution in [0.4, 0.5) is 0 Å². The second-order valence-electron chi connectivity index (χ2n) is 3.82. The van der Waals surface area contributed by atoms with Crippen molar-refractivity contribution in [1.82, 2.24) is 0 Å². The summed E-state index contributed by atoms with van der Waals surface area (Å²) in [5.41, 5.74) is 1.61. The third kappa shape index (κ3) is 3.28. The van der Waals surface area contributed by atoms with Crippen molar-refractivity contribution in [1.29, 1.82) is 0 Å². The molecule has 1 N–H and O–H groups in total. The highest BCUT2D eigenvalue weighted by molar-refractivity contribution is 5.60. The van der Waals surface area contributed by atoms with Crippen LogP contribution in [0.25, 0.3) is 5.76 Å². The van der Waals surface area contributed by atoms with Crippen LogP contribution in [0.3, 0.4) is 0 Å². The van der Waals surface area contributed by atoms with Gasteiger partial charge in [0.2, 0.25) is 0 Å². The molecule has 0 fully saturated rings. The molecule has 3 heteroatoms. The summed E-state index contributed by atoms with van der Waals surface area (Å²) >= 11 is 0. The van der Waals surface area contributed by atoms with E-state index >= 15 is 0 Å². The predicted octanol–water partition coefficient (Wildman–Crippen LogP) is 2.58. The average molecular weight is 222 g/mol. The van der Waals surface area contributed by atoms with Gasteiger partial charge in [-0.05, 0) is 37.6 Å². The Morgan fingerprint density at radius 3 is 2.56 bits per heavy atom. The summed E-state index contributed by atoms with van der Waals surface area (Å²) in [4.78, 5) is 0. The molecule has 0 saturated carbocycles. The molecule has 88 valence electrons. The van der Waals surface area contributed by atoms with Crippen molar-refractivity contribution >= 4 is 5.76 Å². The second-order valence-corrected chi connectivity index (χ2v) is 3.82. The zero-order valence-corrected chi connectivity index (χ0v) is 9.99. The fraction of sp³-hybridized carbons (Fsp3) is 0.385. The van der Waals surface area contributed by atoms with Gasteiger partial charge in [-0.25, -0.2) is 0 Å². The molecule has 0 aliphatic heterocycles. The number of aliphatic hydroxyl groups excluding tert-OH is 1. The third-order valence-electron chi connectivity index (χ3n) is 2.09. The molecule has 0 spiro atoms. The van der Waals surface area contributed by atoms with Crippen LogP contribution in [-0.4, -0.2) is 18.3 Å². The van der Waals surface area contributed by atoms with Crippen LogP contribution in [-0.2, 0) is 11.3 Å². The van der Waals surface area contributed by atoms with Gasteiger partial charge in [0.25, 0.3) is 0 Å². The van der Waals surface area contributed by atoms with Crippen molar-refractivity contribution in [2.75, 3.05) is 7.11 Å². The molecule has 1 rings (SSSR count). The molecule has 1 aromatic carbocycles. The maximum atomic E-state index is 9.15. The van der Waals surface area contributed by atoms with Crippen molar-refractivity contribution in [2.45, 2.75) is 26.6 Å². The molecule has 0 bridgehead atoms. The van der Waals surface area contributed by atoms with E-state index in [-0.39, 0.29) is 12.7 Å². The van der Waals surface area contributed by atoms with Crippen LogP contribution < -0.4 is 4.74 Å². The fourth-order valence-electron chi connectivity index (χ4n) is 1.37. The van der Waals surface area contributed by atoms with Crippen LogP contribution in [0, 0.1) is 0 Å². The highest BCUT2D eigenvalue weighted by atomic mass is 16.5. The summed E-state index contributed by atoms with van der Waals surface area (Å²) in [6, 6.07) is 5.50. The van der Waals surface area contributed by atoms with Crippen LogP contribution in [0.2, 0.25) is 0 Å². The van der Waals surface area contributed by atoms with Gasteiger partial charge in [0.1, 0.15) is 11.5 Å². The van der Waals surface area contributed by atoms with E-state index in [1.54, 1.807) is 7.11 Å². The van der Waals surface area contributed by atoms with Gasteiger partial charge in [0.05, 0.1) is 19.8 Å². The molecule has 0 aliphatic carbocycles. The number of benzene rings is 1. The second kappa shape index (κ2) is 5.56. The van der Waals surface area contributed by atoms with Crippen LogP contribution in [0.15, 0.2) is 24.8 Å². The Hall–Kier alpha value is -1.48. The molecule has 0 aromatic heterocycles. The van der Waals surface area contributed by atoms with Gasteiger partial charge < -0.3 is 14.6 Å². The van der Waals surface area contributed by atoms with Crippen molar-refractivity contribution in [3.05, 3.63) is 35.9 Å². The lowest BCUT2D eigenvalue weighted by molar-refractivity contribution is 0.240. The Morgan fingerprint density at radius 2 is 2.06 bits per heavy atom. The van der Waals surface area contributed by atoms with Crippen molar-refractivity contribution in [2.24, 2.45) is 0 Å². The smallest absolute Gasteiger partial charge is 0.120 e. The average Bonchev–Trinajstić information content (AvgIpc) is 2.26. The number of hydrogen-bond acceptors (Lipinski definition) is 3. The number of hydrogen-bond donors (Lipinski definition) is 1. The lowest BCUT2D eigenvalue weighted by atomic mass is 10.1. The van der Waals surface area contributed by atoms with Gasteiger partial charge >= 0.3 is 0 Å². The minimum absolute atomic E-state index is 0.0285. The van der Waals surface area contributed by atoms with Crippen molar-refractivity contribution in [3.63, 3.8) is 0 Å². The highest BCUT2D eigenvalue weighted by Gasteiger charge is 2.06. The van der Waals surface area contributed by atoms with Gasteiger partial charge in [-0.2, -0.15) is 0 Å². The summed E-state index contributed by atoms with van der Waals surface area (Å²) in [5, 5.41) is 9.15. The molecule has 0 heterocycles. The van der Waals surface area contributed by atoms with Crippen LogP contribution >= 0.6 is 0 Å². The first kappa shape index (κ1) is 12.6. The van der Waals surface area contributed by atoms with Crippen LogP contribution in [0.5, 0.6) is 5.75 Å². The molecule has 16 heavy (non-hydrogen) atoms. The lowest BCUT2D eigenvalue weighted by Gasteiger charge is -2.13. The van der Waals surface area contributed by atoms with Gasteiger partial charge in [-0.1, -0.05) is 6.58 Å². The summed E-state index contributed by atoms with van der Waals surface area (Å²) in [6.45, 7) is 7.66. The maximum absolute atomic E-state index is 9.15. The first-order valence-electron chi connectivity index (χ1n) is 5.21. The van der Waals surface area contributed by atoms with E-state index in [9.17, 15) is 0 Å². The summed E-state index contributed by atoms with van der Waals surface area (Å²) < 4.78 is 10.6. The summed E-state index contributed by atoms with van der Waals surface area (Å²) in [5.74, 6) is 1.28. The van der Waals surface area contributed by atoms with Crippen molar-refractivity contribution in [3.8, 4) is 5.75 Å². The van der Waals surface area contributed by atoms with Crippen LogP contribution in [0.1, 0.15) is 25.0 Å². The fourth-order valence-corrected chi connectivity index (χ4v) is 1.37. The standard InChI is InChI=1S/C13H18O3/c1-9(2)16-13-6-11(8-14)5-12(7-13)10(3)15-4/h5-7,9,14H,3,8H2,1-2,4H3. The van der Waals surface area contributed by atoms with Gasteiger partial charge in [-0.3, -0.25) is 0 Å². The molecule has 0 aliphatic rings. The Morgan fingerprint density at radius 1 is 1.38 bits per heavy atom. The molecule has 0 unspecified atom stereocenters. The number of aliphatic hydroxyl groups is 1. The summed E-state index contributed by atoms with van der Waals surface area (Å²) in [7, 11) is 1.57. The monoisotopic (exact) mass is 222 g/mol. The van der Waals surface area contributed by atoms with E-state index in [1.165, 1.54) is 0 Å². The molecule has 0 radical (unpaired) electrons. The Balaban J connectivity index is 3.05. The van der Waals surface area contributed by atoms with E-state index in [2.05, 4.69) is 6.58 Å². The Bertz CT molecular complexity index is 369.